The summed E-state index contributed by atoms with van der Waals surface area (Å²) in [6.07, 6.45) is 0.483. The van der Waals surface area contributed by atoms with Crippen LogP contribution in [-0.2, 0) is 13.5 Å². The van der Waals surface area contributed by atoms with Crippen LogP contribution in [-0.4, -0.2) is 9.36 Å². The van der Waals surface area contributed by atoms with Crippen molar-refractivity contribution >= 4 is 5.69 Å². The SMILES string of the molecule is CCc1c(N)c(=O)n(-c2cc(F)c(F)c(F)c2)n1C. The molecule has 0 radical (unpaired) electrons. The highest BCUT2D eigenvalue weighted by atomic mass is 19.2. The van der Waals surface area contributed by atoms with Crippen LogP contribution in [0.3, 0.4) is 0 Å². The predicted molar refractivity (Wildman–Crippen MR) is 64.7 cm³/mol. The molecular formula is C12H12F3N3O. The molecule has 0 aliphatic carbocycles. The number of benzene rings is 1. The van der Waals surface area contributed by atoms with Crippen LogP contribution in [0, 0.1) is 17.5 Å². The Morgan fingerprint density at radius 2 is 1.74 bits per heavy atom. The van der Waals surface area contributed by atoms with Gasteiger partial charge in [-0.2, -0.15) is 0 Å². The summed E-state index contributed by atoms with van der Waals surface area (Å²) in [6, 6.07) is 1.50. The van der Waals surface area contributed by atoms with Gasteiger partial charge in [0.15, 0.2) is 17.5 Å². The van der Waals surface area contributed by atoms with E-state index in [-0.39, 0.29) is 11.4 Å². The molecule has 0 aliphatic rings. The van der Waals surface area contributed by atoms with Crippen molar-refractivity contribution < 1.29 is 13.2 Å². The molecule has 0 spiro atoms. The van der Waals surface area contributed by atoms with E-state index in [1.165, 1.54) is 11.7 Å². The van der Waals surface area contributed by atoms with Gasteiger partial charge in [0.2, 0.25) is 0 Å². The van der Waals surface area contributed by atoms with Gasteiger partial charge < -0.3 is 5.73 Å². The second kappa shape index (κ2) is 4.49. The Morgan fingerprint density at radius 1 is 1.21 bits per heavy atom. The van der Waals surface area contributed by atoms with Gasteiger partial charge in [0.05, 0.1) is 11.4 Å². The van der Waals surface area contributed by atoms with E-state index >= 15 is 0 Å². The average molecular weight is 271 g/mol. The van der Waals surface area contributed by atoms with E-state index in [4.69, 9.17) is 5.73 Å². The number of anilines is 1. The highest BCUT2D eigenvalue weighted by Crippen LogP contribution is 2.18. The van der Waals surface area contributed by atoms with Crippen LogP contribution < -0.4 is 11.3 Å². The lowest BCUT2D eigenvalue weighted by molar-refractivity contribution is 0.444. The molecule has 2 rings (SSSR count). The second-order valence-electron chi connectivity index (χ2n) is 4.08. The summed E-state index contributed by atoms with van der Waals surface area (Å²) in [5.74, 6) is -4.30. The van der Waals surface area contributed by atoms with E-state index < -0.39 is 23.0 Å². The van der Waals surface area contributed by atoms with Crippen LogP contribution in [0.4, 0.5) is 18.9 Å². The maximum absolute atomic E-state index is 13.2. The smallest absolute Gasteiger partial charge is 0.294 e. The van der Waals surface area contributed by atoms with Crippen molar-refractivity contribution in [1.82, 2.24) is 9.36 Å². The third kappa shape index (κ3) is 1.91. The first kappa shape index (κ1) is 13.3. The fraction of sp³-hybridized carbons (Fsp3) is 0.250. The monoisotopic (exact) mass is 271 g/mol. The molecule has 0 unspecified atom stereocenters. The number of nitrogens with two attached hydrogens (primary N) is 1. The molecule has 2 N–H and O–H groups in total. The lowest BCUT2D eigenvalue weighted by Gasteiger charge is -2.09. The number of halogens is 3. The first-order chi connectivity index (χ1) is 8.88. The van der Waals surface area contributed by atoms with Gasteiger partial charge in [-0.15, -0.1) is 0 Å². The molecule has 7 heteroatoms. The van der Waals surface area contributed by atoms with Crippen LogP contribution in [0.15, 0.2) is 16.9 Å². The summed E-state index contributed by atoms with van der Waals surface area (Å²) in [6.45, 7) is 1.79. The number of aromatic nitrogens is 2. The molecule has 0 atom stereocenters. The van der Waals surface area contributed by atoms with Crippen LogP contribution in [0.2, 0.25) is 0 Å². The van der Waals surface area contributed by atoms with Gasteiger partial charge in [0.25, 0.3) is 5.56 Å². The van der Waals surface area contributed by atoms with Crippen molar-refractivity contribution in [3.05, 3.63) is 45.6 Å². The molecule has 0 saturated carbocycles. The zero-order valence-electron chi connectivity index (χ0n) is 10.4. The molecule has 4 nitrogen and oxygen atoms in total. The Kier molecular flexibility index (Phi) is 3.13. The summed E-state index contributed by atoms with van der Waals surface area (Å²) in [5, 5.41) is 0. The molecule has 0 fully saturated rings. The summed E-state index contributed by atoms with van der Waals surface area (Å²) in [7, 11) is 1.54. The zero-order chi connectivity index (χ0) is 14.3. The third-order valence-corrected chi connectivity index (χ3v) is 2.97. The van der Waals surface area contributed by atoms with Crippen molar-refractivity contribution in [3.63, 3.8) is 0 Å². The number of nitrogen functional groups attached to an aromatic ring is 1. The lowest BCUT2D eigenvalue weighted by atomic mass is 10.3. The molecular weight excluding hydrogens is 259 g/mol. The molecule has 1 heterocycles. The normalized spacial score (nSPS) is 11.0. The maximum Gasteiger partial charge on any atom is 0.294 e. The van der Waals surface area contributed by atoms with Crippen LogP contribution in [0.25, 0.3) is 5.69 Å². The van der Waals surface area contributed by atoms with E-state index in [0.29, 0.717) is 12.1 Å². The van der Waals surface area contributed by atoms with Gasteiger partial charge in [-0.25, -0.2) is 17.9 Å². The molecule has 1 aromatic heterocycles. The van der Waals surface area contributed by atoms with Gasteiger partial charge in [-0.1, -0.05) is 6.92 Å². The first-order valence-electron chi connectivity index (χ1n) is 5.59. The summed E-state index contributed by atoms with van der Waals surface area (Å²) >= 11 is 0. The van der Waals surface area contributed by atoms with Crippen LogP contribution in [0.1, 0.15) is 12.6 Å². The Hall–Kier alpha value is -2.18. The standard InChI is InChI=1S/C12H12F3N3O/c1-3-9-11(16)12(19)18(17(9)2)6-4-7(13)10(15)8(14)5-6/h4-5H,3,16H2,1-2H3. The third-order valence-electron chi connectivity index (χ3n) is 2.97. The highest BCUT2D eigenvalue weighted by Gasteiger charge is 2.18. The Balaban J connectivity index is 2.77. The Morgan fingerprint density at radius 3 is 2.16 bits per heavy atom. The van der Waals surface area contributed by atoms with E-state index in [1.807, 2.05) is 0 Å². The van der Waals surface area contributed by atoms with Crippen LogP contribution >= 0.6 is 0 Å². The van der Waals surface area contributed by atoms with E-state index in [9.17, 15) is 18.0 Å². The second-order valence-corrected chi connectivity index (χ2v) is 4.08. The van der Waals surface area contributed by atoms with Gasteiger partial charge in [0, 0.05) is 19.2 Å². The van der Waals surface area contributed by atoms with Gasteiger partial charge in [0.1, 0.15) is 5.69 Å². The zero-order valence-corrected chi connectivity index (χ0v) is 10.4. The number of hydrogen-bond donors (Lipinski definition) is 1. The lowest BCUT2D eigenvalue weighted by Crippen LogP contribution is -2.21. The summed E-state index contributed by atoms with van der Waals surface area (Å²) in [5.41, 5.74) is 5.48. The average Bonchev–Trinajstić information content (AvgIpc) is 2.57. The molecule has 0 bridgehead atoms. The highest BCUT2D eigenvalue weighted by molar-refractivity contribution is 5.45. The number of nitrogens with zero attached hydrogens (tertiary/aromatic N) is 2. The molecule has 0 amide bonds. The summed E-state index contributed by atoms with van der Waals surface area (Å²) in [4.78, 5) is 12.0. The van der Waals surface area contributed by atoms with Crippen molar-refractivity contribution in [1.29, 1.82) is 0 Å². The Bertz CT molecular complexity index is 680. The number of hydrogen-bond acceptors (Lipinski definition) is 2. The fourth-order valence-electron chi connectivity index (χ4n) is 2.04. The maximum atomic E-state index is 13.2. The van der Waals surface area contributed by atoms with Crippen molar-refractivity contribution in [2.24, 2.45) is 7.05 Å². The molecule has 2 aromatic rings. The fourth-order valence-corrected chi connectivity index (χ4v) is 2.04. The van der Waals surface area contributed by atoms with Crippen molar-refractivity contribution in [3.8, 4) is 5.69 Å². The number of rotatable bonds is 2. The van der Waals surface area contributed by atoms with E-state index in [1.54, 1.807) is 6.92 Å². The van der Waals surface area contributed by atoms with Crippen molar-refractivity contribution in [2.75, 3.05) is 5.73 Å². The van der Waals surface area contributed by atoms with E-state index in [0.717, 1.165) is 16.8 Å². The van der Waals surface area contributed by atoms with Gasteiger partial charge >= 0.3 is 0 Å². The largest absolute Gasteiger partial charge is 0.393 e. The quantitative estimate of drug-likeness (QED) is 0.846. The van der Waals surface area contributed by atoms with E-state index in [2.05, 4.69) is 0 Å². The molecule has 19 heavy (non-hydrogen) atoms. The minimum atomic E-state index is -1.57. The Labute approximate surface area is 106 Å². The first-order valence-corrected chi connectivity index (χ1v) is 5.59. The minimum Gasteiger partial charge on any atom is -0.393 e. The molecule has 0 aliphatic heterocycles. The topological polar surface area (TPSA) is 53.0 Å². The predicted octanol–water partition coefficient (Wildman–Crippen LogP) is 1.74. The summed E-state index contributed by atoms with van der Waals surface area (Å²) < 4.78 is 41.7. The molecule has 102 valence electrons. The van der Waals surface area contributed by atoms with Crippen LogP contribution in [0.5, 0.6) is 0 Å². The minimum absolute atomic E-state index is 0.00939. The van der Waals surface area contributed by atoms with Gasteiger partial charge in [-0.3, -0.25) is 9.48 Å². The molecule has 0 saturated heterocycles. The van der Waals surface area contributed by atoms with Gasteiger partial charge in [-0.05, 0) is 6.42 Å². The van der Waals surface area contributed by atoms with Crippen molar-refractivity contribution in [2.45, 2.75) is 13.3 Å². The molecule has 1 aromatic carbocycles.